The minimum Gasteiger partial charge on any atom is -0.484 e. The molecule has 0 radical (unpaired) electrons. The molecule has 0 unspecified atom stereocenters. The van der Waals surface area contributed by atoms with E-state index >= 15 is 0 Å². The highest BCUT2D eigenvalue weighted by Crippen LogP contribution is 2.22. The predicted octanol–water partition coefficient (Wildman–Crippen LogP) is 3.67. The van der Waals surface area contributed by atoms with Gasteiger partial charge >= 0.3 is 0 Å². The van der Waals surface area contributed by atoms with Gasteiger partial charge in [-0.25, -0.2) is 0 Å². The summed E-state index contributed by atoms with van der Waals surface area (Å²) in [5, 5.41) is 8.85. The summed E-state index contributed by atoms with van der Waals surface area (Å²) in [5.74, 6) is -0.344. The summed E-state index contributed by atoms with van der Waals surface area (Å²) in [6.45, 7) is -0.233. The van der Waals surface area contributed by atoms with E-state index in [1.807, 2.05) is 36.4 Å². The standard InChI is InChI=1S/C22H16IN3O3/c23-19-9-5-18(6-10-19)22(28)26-25-21(27)14-29-20-11-7-17(8-12-20)16-3-1-15(13-24)2-4-16/h1-12H,14H2,(H,25,27)(H,26,28). The first-order valence-electron chi connectivity index (χ1n) is 8.63. The zero-order valence-corrected chi connectivity index (χ0v) is 17.3. The second kappa shape index (κ2) is 9.71. The van der Waals surface area contributed by atoms with Crippen molar-refractivity contribution in [2.75, 3.05) is 6.61 Å². The van der Waals surface area contributed by atoms with Crippen molar-refractivity contribution in [3.8, 4) is 22.9 Å². The first-order valence-corrected chi connectivity index (χ1v) is 9.71. The summed E-state index contributed by atoms with van der Waals surface area (Å²) < 4.78 is 6.46. The van der Waals surface area contributed by atoms with Crippen LogP contribution in [-0.4, -0.2) is 18.4 Å². The molecule has 2 N–H and O–H groups in total. The Morgan fingerprint density at radius 2 is 1.45 bits per heavy atom. The molecule has 3 aromatic rings. The zero-order valence-electron chi connectivity index (χ0n) is 15.2. The van der Waals surface area contributed by atoms with Gasteiger partial charge in [-0.1, -0.05) is 24.3 Å². The van der Waals surface area contributed by atoms with Crippen LogP contribution in [0.4, 0.5) is 0 Å². The fourth-order valence-corrected chi connectivity index (χ4v) is 2.83. The molecule has 3 aromatic carbocycles. The molecule has 0 aromatic heterocycles. The third-order valence-corrected chi connectivity index (χ3v) is 4.71. The van der Waals surface area contributed by atoms with Crippen LogP contribution < -0.4 is 15.6 Å². The lowest BCUT2D eigenvalue weighted by molar-refractivity contribution is -0.123. The van der Waals surface area contributed by atoms with Gasteiger partial charge in [0.2, 0.25) is 0 Å². The van der Waals surface area contributed by atoms with Crippen LogP contribution >= 0.6 is 22.6 Å². The van der Waals surface area contributed by atoms with Crippen LogP contribution in [0.5, 0.6) is 5.75 Å². The third kappa shape index (κ3) is 5.80. The highest BCUT2D eigenvalue weighted by Gasteiger charge is 2.08. The number of hydrazine groups is 1. The topological polar surface area (TPSA) is 91.2 Å². The van der Waals surface area contributed by atoms with Gasteiger partial charge in [0.05, 0.1) is 11.6 Å². The summed E-state index contributed by atoms with van der Waals surface area (Å²) in [7, 11) is 0. The molecule has 0 saturated carbocycles. The molecule has 0 atom stereocenters. The second-order valence-electron chi connectivity index (χ2n) is 6.01. The van der Waals surface area contributed by atoms with Gasteiger partial charge in [-0.2, -0.15) is 5.26 Å². The summed E-state index contributed by atoms with van der Waals surface area (Å²) in [5.41, 5.74) is 7.67. The number of benzene rings is 3. The molecule has 0 fully saturated rings. The average molecular weight is 497 g/mol. The molecule has 6 nitrogen and oxygen atoms in total. The molecular formula is C22H16IN3O3. The smallest absolute Gasteiger partial charge is 0.276 e. The first kappa shape index (κ1) is 20.4. The van der Waals surface area contributed by atoms with E-state index in [2.05, 4.69) is 39.5 Å². The Kier molecular flexibility index (Phi) is 6.81. The molecule has 0 aliphatic heterocycles. The van der Waals surface area contributed by atoms with E-state index in [1.165, 1.54) is 0 Å². The fraction of sp³-hybridized carbons (Fsp3) is 0.0455. The molecule has 0 aliphatic carbocycles. The lowest BCUT2D eigenvalue weighted by Crippen LogP contribution is -2.43. The van der Waals surface area contributed by atoms with E-state index in [9.17, 15) is 9.59 Å². The molecule has 2 amide bonds. The Bertz CT molecular complexity index is 1040. The number of carbonyl (C=O) groups excluding carboxylic acids is 2. The summed E-state index contributed by atoms with van der Waals surface area (Å²) in [6.07, 6.45) is 0. The Balaban J connectivity index is 1.48. The van der Waals surface area contributed by atoms with Crippen molar-refractivity contribution in [1.29, 1.82) is 5.26 Å². The zero-order chi connectivity index (χ0) is 20.6. The molecule has 3 rings (SSSR count). The van der Waals surface area contributed by atoms with E-state index in [-0.39, 0.29) is 6.61 Å². The molecule has 144 valence electrons. The van der Waals surface area contributed by atoms with Gasteiger partial charge in [0.15, 0.2) is 6.61 Å². The number of hydrogen-bond acceptors (Lipinski definition) is 4. The van der Waals surface area contributed by atoms with Crippen molar-refractivity contribution < 1.29 is 14.3 Å². The highest BCUT2D eigenvalue weighted by molar-refractivity contribution is 14.1. The monoisotopic (exact) mass is 497 g/mol. The number of carbonyl (C=O) groups is 2. The van der Waals surface area contributed by atoms with Crippen LogP contribution in [0.25, 0.3) is 11.1 Å². The molecule has 7 heteroatoms. The van der Waals surface area contributed by atoms with Crippen molar-refractivity contribution in [2.24, 2.45) is 0 Å². The third-order valence-electron chi connectivity index (χ3n) is 3.99. The molecule has 0 heterocycles. The van der Waals surface area contributed by atoms with Gasteiger partial charge in [0, 0.05) is 9.13 Å². The summed E-state index contributed by atoms with van der Waals surface area (Å²) in [6, 6.07) is 23.6. The highest BCUT2D eigenvalue weighted by atomic mass is 127. The van der Waals surface area contributed by atoms with Crippen molar-refractivity contribution in [3.63, 3.8) is 0 Å². The van der Waals surface area contributed by atoms with Crippen LogP contribution in [-0.2, 0) is 4.79 Å². The van der Waals surface area contributed by atoms with E-state index in [4.69, 9.17) is 10.00 Å². The maximum atomic E-state index is 12.0. The number of rotatable bonds is 5. The Morgan fingerprint density at radius 3 is 2.03 bits per heavy atom. The number of nitriles is 1. The predicted molar refractivity (Wildman–Crippen MR) is 117 cm³/mol. The minimum atomic E-state index is -0.472. The van der Waals surface area contributed by atoms with E-state index < -0.39 is 11.8 Å². The maximum Gasteiger partial charge on any atom is 0.276 e. The lowest BCUT2D eigenvalue weighted by atomic mass is 10.0. The van der Waals surface area contributed by atoms with Gasteiger partial charge < -0.3 is 4.74 Å². The largest absolute Gasteiger partial charge is 0.484 e. The lowest BCUT2D eigenvalue weighted by Gasteiger charge is -2.09. The number of nitrogens with one attached hydrogen (secondary N) is 2. The van der Waals surface area contributed by atoms with Crippen molar-refractivity contribution in [1.82, 2.24) is 10.9 Å². The van der Waals surface area contributed by atoms with Gasteiger partial charge in [0.1, 0.15) is 5.75 Å². The van der Waals surface area contributed by atoms with E-state index in [0.29, 0.717) is 16.9 Å². The van der Waals surface area contributed by atoms with E-state index in [0.717, 1.165) is 14.7 Å². The first-order chi connectivity index (χ1) is 14.0. The van der Waals surface area contributed by atoms with Gasteiger partial charge in [-0.15, -0.1) is 0 Å². The van der Waals surface area contributed by atoms with Crippen LogP contribution in [0.3, 0.4) is 0 Å². The number of amides is 2. The van der Waals surface area contributed by atoms with Crippen molar-refractivity contribution in [3.05, 3.63) is 87.5 Å². The molecule has 0 aliphatic rings. The molecule has 0 saturated heterocycles. The maximum absolute atomic E-state index is 12.0. The number of hydrogen-bond donors (Lipinski definition) is 2. The van der Waals surface area contributed by atoms with Crippen LogP contribution in [0, 0.1) is 14.9 Å². The van der Waals surface area contributed by atoms with E-state index in [1.54, 1.807) is 36.4 Å². The second-order valence-corrected chi connectivity index (χ2v) is 7.26. The van der Waals surface area contributed by atoms with Gasteiger partial charge in [-0.05, 0) is 82.2 Å². The number of halogens is 1. The van der Waals surface area contributed by atoms with Crippen LogP contribution in [0.2, 0.25) is 0 Å². The molecule has 0 bridgehead atoms. The van der Waals surface area contributed by atoms with Crippen LogP contribution in [0.1, 0.15) is 15.9 Å². The SMILES string of the molecule is N#Cc1ccc(-c2ccc(OCC(=O)NNC(=O)c3ccc(I)cc3)cc2)cc1. The van der Waals surface area contributed by atoms with Crippen molar-refractivity contribution >= 4 is 34.4 Å². The number of ether oxygens (including phenoxy) is 1. The van der Waals surface area contributed by atoms with Gasteiger partial charge in [0.25, 0.3) is 11.8 Å². The van der Waals surface area contributed by atoms with Gasteiger partial charge in [-0.3, -0.25) is 20.4 Å². The Hall–Kier alpha value is -3.38. The Morgan fingerprint density at radius 1 is 0.862 bits per heavy atom. The molecular weight excluding hydrogens is 481 g/mol. The molecule has 29 heavy (non-hydrogen) atoms. The fourth-order valence-electron chi connectivity index (χ4n) is 2.47. The Labute approximate surface area is 181 Å². The normalized spacial score (nSPS) is 9.93. The number of nitrogens with zero attached hydrogens (tertiary/aromatic N) is 1. The minimum absolute atomic E-state index is 0.233. The molecule has 0 spiro atoms. The van der Waals surface area contributed by atoms with Crippen LogP contribution in [0.15, 0.2) is 72.8 Å². The summed E-state index contributed by atoms with van der Waals surface area (Å²) in [4.78, 5) is 23.8. The average Bonchev–Trinajstić information content (AvgIpc) is 2.77. The summed E-state index contributed by atoms with van der Waals surface area (Å²) >= 11 is 2.15. The quantitative estimate of drug-likeness (QED) is 0.416. The van der Waals surface area contributed by atoms with Crippen molar-refractivity contribution in [2.45, 2.75) is 0 Å².